The normalized spacial score (nSPS) is 11.9. The van der Waals surface area contributed by atoms with Crippen molar-refractivity contribution in [1.82, 2.24) is 0 Å². The Hall–Kier alpha value is -1.84. The highest BCUT2D eigenvalue weighted by Gasteiger charge is 2.15. The van der Waals surface area contributed by atoms with Crippen molar-refractivity contribution >= 4 is 11.9 Å². The minimum absolute atomic E-state index is 0.0461. The van der Waals surface area contributed by atoms with Gasteiger partial charge in [0.15, 0.2) is 0 Å². The number of unbranched alkanes of at least 4 members (excludes halogenated alkanes) is 2. The van der Waals surface area contributed by atoms with Gasteiger partial charge < -0.3 is 14.6 Å². The molecule has 0 fully saturated rings. The number of carbonyl (C=O) groups is 2. The topological polar surface area (TPSA) is 66.4 Å². The van der Waals surface area contributed by atoms with Crippen LogP contribution in [0.1, 0.15) is 60.2 Å². The third kappa shape index (κ3) is 4.73. The Balaban J connectivity index is 2.65. The van der Waals surface area contributed by atoms with Crippen molar-refractivity contribution in [3.8, 4) is 0 Å². The molecule has 0 bridgehead atoms. The maximum Gasteiger partial charge on any atom is 0.339 e. The zero-order chi connectivity index (χ0) is 14.3. The number of benzene rings is 1. The standard InChI is InChI=1S/C15H20O4/c1-3-4-5-8-11(2)19-15(18)13-10-7-6-9-12(13)14(16)17/h6-7,9-11H,3-5,8H2,1-2H3,(H,16,17)/p-1. The van der Waals surface area contributed by atoms with Crippen LogP contribution in [0.3, 0.4) is 0 Å². The van der Waals surface area contributed by atoms with Gasteiger partial charge in [-0.1, -0.05) is 38.0 Å². The molecule has 1 atom stereocenters. The van der Waals surface area contributed by atoms with Crippen LogP contribution in [0.5, 0.6) is 0 Å². The molecule has 4 nitrogen and oxygen atoms in total. The Morgan fingerprint density at radius 1 is 1.21 bits per heavy atom. The van der Waals surface area contributed by atoms with Crippen molar-refractivity contribution in [2.75, 3.05) is 0 Å². The molecule has 0 heterocycles. The van der Waals surface area contributed by atoms with Crippen LogP contribution in [0.25, 0.3) is 0 Å². The molecule has 0 aliphatic rings. The molecule has 1 aromatic rings. The fraction of sp³-hybridized carbons (Fsp3) is 0.467. The zero-order valence-corrected chi connectivity index (χ0v) is 11.3. The van der Waals surface area contributed by atoms with Gasteiger partial charge in [0, 0.05) is 5.56 Å². The average Bonchev–Trinajstić information content (AvgIpc) is 2.39. The van der Waals surface area contributed by atoms with Gasteiger partial charge in [0.25, 0.3) is 0 Å². The maximum absolute atomic E-state index is 11.9. The fourth-order valence-electron chi connectivity index (χ4n) is 1.83. The second kappa shape index (κ2) is 7.56. The molecule has 0 amide bonds. The van der Waals surface area contributed by atoms with E-state index in [-0.39, 0.29) is 17.2 Å². The highest BCUT2D eigenvalue weighted by atomic mass is 16.5. The lowest BCUT2D eigenvalue weighted by molar-refractivity contribution is -0.255. The van der Waals surface area contributed by atoms with Gasteiger partial charge in [-0.05, 0) is 25.8 Å². The van der Waals surface area contributed by atoms with Gasteiger partial charge in [0.05, 0.1) is 17.6 Å². The third-order valence-electron chi connectivity index (χ3n) is 2.89. The van der Waals surface area contributed by atoms with Crippen LogP contribution in [0.2, 0.25) is 0 Å². The molecule has 0 aromatic heterocycles. The number of carbonyl (C=O) groups excluding carboxylic acids is 2. The second-order valence-electron chi connectivity index (χ2n) is 4.54. The van der Waals surface area contributed by atoms with E-state index in [2.05, 4.69) is 6.92 Å². The van der Waals surface area contributed by atoms with Gasteiger partial charge in [-0.2, -0.15) is 0 Å². The third-order valence-corrected chi connectivity index (χ3v) is 2.89. The smallest absolute Gasteiger partial charge is 0.339 e. The first-order chi connectivity index (χ1) is 9.06. The van der Waals surface area contributed by atoms with Crippen LogP contribution in [0, 0.1) is 0 Å². The molecule has 1 rings (SSSR count). The van der Waals surface area contributed by atoms with Gasteiger partial charge in [0.2, 0.25) is 0 Å². The van der Waals surface area contributed by atoms with E-state index in [4.69, 9.17) is 4.74 Å². The Labute approximate surface area is 113 Å². The van der Waals surface area contributed by atoms with E-state index < -0.39 is 11.9 Å². The minimum Gasteiger partial charge on any atom is -0.545 e. The van der Waals surface area contributed by atoms with Crippen molar-refractivity contribution in [2.45, 2.75) is 45.6 Å². The summed E-state index contributed by atoms with van der Waals surface area (Å²) in [6.45, 7) is 3.92. The fourth-order valence-corrected chi connectivity index (χ4v) is 1.83. The maximum atomic E-state index is 11.9. The van der Waals surface area contributed by atoms with Crippen LogP contribution < -0.4 is 5.11 Å². The Kier molecular flexibility index (Phi) is 6.06. The van der Waals surface area contributed by atoms with Crippen molar-refractivity contribution < 1.29 is 19.4 Å². The molecule has 0 radical (unpaired) electrons. The number of carboxylic acids is 1. The predicted molar refractivity (Wildman–Crippen MR) is 69.8 cm³/mol. The van der Waals surface area contributed by atoms with E-state index in [0.717, 1.165) is 25.7 Å². The van der Waals surface area contributed by atoms with Gasteiger partial charge in [-0.15, -0.1) is 0 Å². The van der Waals surface area contributed by atoms with E-state index in [1.54, 1.807) is 12.1 Å². The predicted octanol–water partition coefficient (Wildman–Crippen LogP) is 2.18. The summed E-state index contributed by atoms with van der Waals surface area (Å²) in [5, 5.41) is 10.9. The van der Waals surface area contributed by atoms with Crippen LogP contribution >= 0.6 is 0 Å². The van der Waals surface area contributed by atoms with Gasteiger partial charge >= 0.3 is 5.97 Å². The summed E-state index contributed by atoms with van der Waals surface area (Å²) in [6.07, 6.45) is 3.76. The minimum atomic E-state index is -1.37. The molecule has 0 N–H and O–H groups in total. The number of carboxylic acid groups (broad SMARTS) is 1. The summed E-state index contributed by atoms with van der Waals surface area (Å²) in [4.78, 5) is 22.8. The summed E-state index contributed by atoms with van der Waals surface area (Å²) in [6, 6.07) is 5.93. The van der Waals surface area contributed by atoms with Gasteiger partial charge in [0.1, 0.15) is 0 Å². The number of rotatable bonds is 7. The van der Waals surface area contributed by atoms with Crippen LogP contribution in [0.15, 0.2) is 24.3 Å². The summed E-state index contributed by atoms with van der Waals surface area (Å²) < 4.78 is 5.24. The first-order valence-corrected chi connectivity index (χ1v) is 6.57. The molecule has 0 aliphatic carbocycles. The molecule has 1 aromatic carbocycles. The lowest BCUT2D eigenvalue weighted by Gasteiger charge is -2.15. The summed E-state index contributed by atoms with van der Waals surface area (Å²) >= 11 is 0. The number of ether oxygens (including phenoxy) is 1. The monoisotopic (exact) mass is 263 g/mol. The number of aromatic carboxylic acids is 1. The number of hydrogen-bond donors (Lipinski definition) is 0. The van der Waals surface area contributed by atoms with Crippen LogP contribution in [-0.4, -0.2) is 18.0 Å². The average molecular weight is 263 g/mol. The van der Waals surface area contributed by atoms with Crippen molar-refractivity contribution in [2.24, 2.45) is 0 Å². The quantitative estimate of drug-likeness (QED) is 0.558. The summed E-state index contributed by atoms with van der Waals surface area (Å²) in [5.74, 6) is -1.98. The molecule has 0 saturated carbocycles. The highest BCUT2D eigenvalue weighted by molar-refractivity contribution is 6.01. The molecule has 19 heavy (non-hydrogen) atoms. The van der Waals surface area contributed by atoms with Gasteiger partial charge in [-0.3, -0.25) is 0 Å². The zero-order valence-electron chi connectivity index (χ0n) is 11.3. The van der Waals surface area contributed by atoms with E-state index in [0.29, 0.717) is 0 Å². The molecule has 104 valence electrons. The Morgan fingerprint density at radius 2 is 1.84 bits per heavy atom. The number of hydrogen-bond acceptors (Lipinski definition) is 4. The second-order valence-corrected chi connectivity index (χ2v) is 4.54. The van der Waals surface area contributed by atoms with Crippen LogP contribution in [0.4, 0.5) is 0 Å². The lowest BCUT2D eigenvalue weighted by atomic mass is 10.1. The molecular weight excluding hydrogens is 244 g/mol. The molecule has 0 spiro atoms. The molecule has 0 aliphatic heterocycles. The summed E-state index contributed by atoms with van der Waals surface area (Å²) in [5.41, 5.74) is -0.0851. The van der Waals surface area contributed by atoms with Crippen molar-refractivity contribution in [3.05, 3.63) is 35.4 Å². The molecule has 0 saturated heterocycles. The largest absolute Gasteiger partial charge is 0.545 e. The molecule has 4 heteroatoms. The first kappa shape index (κ1) is 15.2. The SMILES string of the molecule is CCCCCC(C)OC(=O)c1ccccc1C(=O)[O-]. The van der Waals surface area contributed by atoms with Crippen molar-refractivity contribution in [1.29, 1.82) is 0 Å². The number of esters is 1. The summed E-state index contributed by atoms with van der Waals surface area (Å²) in [7, 11) is 0. The van der Waals surface area contributed by atoms with E-state index in [1.807, 2.05) is 6.92 Å². The van der Waals surface area contributed by atoms with Crippen molar-refractivity contribution in [3.63, 3.8) is 0 Å². The Morgan fingerprint density at radius 3 is 2.42 bits per heavy atom. The van der Waals surface area contributed by atoms with Gasteiger partial charge in [-0.25, -0.2) is 4.79 Å². The first-order valence-electron chi connectivity index (χ1n) is 6.57. The Bertz CT molecular complexity index is 440. The lowest BCUT2D eigenvalue weighted by Crippen LogP contribution is -2.26. The van der Waals surface area contributed by atoms with E-state index in [9.17, 15) is 14.7 Å². The molecular formula is C15H19O4-. The molecule has 1 unspecified atom stereocenters. The van der Waals surface area contributed by atoms with Crippen LogP contribution in [-0.2, 0) is 4.74 Å². The highest BCUT2D eigenvalue weighted by Crippen LogP contribution is 2.13. The van der Waals surface area contributed by atoms with E-state index in [1.165, 1.54) is 12.1 Å². The van der Waals surface area contributed by atoms with E-state index >= 15 is 0 Å².